The summed E-state index contributed by atoms with van der Waals surface area (Å²) in [5, 5.41) is 4.58. The number of aromatic nitrogens is 1. The third-order valence-electron chi connectivity index (χ3n) is 8.60. The molecule has 1 aromatic heterocycles. The maximum Gasteiger partial charge on any atom is 0.263 e. The Bertz CT molecular complexity index is 1570. The van der Waals surface area contributed by atoms with Crippen molar-refractivity contribution in [3.05, 3.63) is 65.7 Å². The number of hydrogen-bond donors (Lipinski definition) is 2. The van der Waals surface area contributed by atoms with Gasteiger partial charge in [0.2, 0.25) is 15.9 Å². The van der Waals surface area contributed by atoms with Gasteiger partial charge in [0, 0.05) is 17.3 Å². The van der Waals surface area contributed by atoms with Crippen LogP contribution in [0.1, 0.15) is 44.1 Å². The van der Waals surface area contributed by atoms with Gasteiger partial charge < -0.3 is 5.32 Å². The molecule has 40 heavy (non-hydrogen) atoms. The highest BCUT2D eigenvalue weighted by Gasteiger charge is 2.51. The van der Waals surface area contributed by atoms with Gasteiger partial charge in [-0.25, -0.2) is 21.8 Å². The molecule has 9 nitrogen and oxygen atoms in total. The standard InChI is InChI=1S/C28H32N4O5S3/c1-39(34,35)32(24-6-2-22(3-7-24)28-15-19-12-20(16-28)14-21(13-19)17-28)18-26(33)30-23-4-8-25(9-5-23)40(36,37)31-27-29-10-11-38-27/h2-11,19-21H,12-18H2,1H3,(H,29,31)(H,30,33). The topological polar surface area (TPSA) is 126 Å². The number of amides is 1. The quantitative estimate of drug-likeness (QED) is 0.363. The summed E-state index contributed by atoms with van der Waals surface area (Å²) < 4.78 is 53.9. The number of anilines is 3. The molecular weight excluding hydrogens is 569 g/mol. The highest BCUT2D eigenvalue weighted by molar-refractivity contribution is 7.93. The van der Waals surface area contributed by atoms with Gasteiger partial charge in [0.1, 0.15) is 6.54 Å². The average molecular weight is 601 g/mol. The van der Waals surface area contributed by atoms with Gasteiger partial charge in [0.25, 0.3) is 10.0 Å². The van der Waals surface area contributed by atoms with E-state index >= 15 is 0 Å². The second kappa shape index (κ2) is 10.1. The number of carbonyl (C=O) groups is 1. The molecule has 1 amide bonds. The third kappa shape index (κ3) is 5.48. The fourth-order valence-corrected chi connectivity index (χ4v) is 9.99. The van der Waals surface area contributed by atoms with Crippen LogP contribution in [-0.2, 0) is 30.3 Å². The van der Waals surface area contributed by atoms with Crippen molar-refractivity contribution < 1.29 is 21.6 Å². The molecule has 0 unspecified atom stereocenters. The van der Waals surface area contributed by atoms with Gasteiger partial charge in [0.05, 0.1) is 16.8 Å². The number of nitrogens with one attached hydrogen (secondary N) is 2. The lowest BCUT2D eigenvalue weighted by Crippen LogP contribution is -2.48. The van der Waals surface area contributed by atoms with Crippen molar-refractivity contribution in [1.82, 2.24) is 4.98 Å². The zero-order chi connectivity index (χ0) is 28.1. The first kappa shape index (κ1) is 27.2. The van der Waals surface area contributed by atoms with Gasteiger partial charge in [-0.05, 0) is 104 Å². The maximum absolute atomic E-state index is 12.9. The molecule has 1 heterocycles. The summed E-state index contributed by atoms with van der Waals surface area (Å²) in [5.41, 5.74) is 2.29. The van der Waals surface area contributed by atoms with Crippen LogP contribution >= 0.6 is 11.3 Å². The fourth-order valence-electron chi connectivity index (χ4n) is 7.34. The second-order valence-electron chi connectivity index (χ2n) is 11.5. The van der Waals surface area contributed by atoms with Gasteiger partial charge in [-0.15, -0.1) is 11.3 Å². The van der Waals surface area contributed by atoms with Crippen molar-refractivity contribution in [2.75, 3.05) is 27.1 Å². The number of thiazole rings is 1. The fraction of sp³-hybridized carbons (Fsp3) is 0.429. The first-order valence-corrected chi connectivity index (χ1v) is 17.6. The Labute approximate surface area is 239 Å². The van der Waals surface area contributed by atoms with E-state index in [4.69, 9.17) is 0 Å². The number of benzene rings is 2. The second-order valence-corrected chi connectivity index (χ2v) is 16.0. The Morgan fingerprint density at radius 3 is 2.08 bits per heavy atom. The summed E-state index contributed by atoms with van der Waals surface area (Å²) in [4.78, 5) is 16.8. The lowest BCUT2D eigenvalue weighted by Gasteiger charge is -2.57. The van der Waals surface area contributed by atoms with Crippen LogP contribution in [0, 0.1) is 17.8 Å². The minimum absolute atomic E-state index is 0.0116. The molecule has 12 heteroatoms. The van der Waals surface area contributed by atoms with Crippen LogP contribution in [0.5, 0.6) is 0 Å². The molecule has 0 saturated heterocycles. The monoisotopic (exact) mass is 600 g/mol. The third-order valence-corrected chi connectivity index (χ3v) is 11.9. The molecule has 4 aliphatic carbocycles. The van der Waals surface area contributed by atoms with E-state index in [-0.39, 0.29) is 15.4 Å². The van der Waals surface area contributed by atoms with Gasteiger partial charge >= 0.3 is 0 Å². The van der Waals surface area contributed by atoms with Crippen LogP contribution in [0.15, 0.2) is 65.0 Å². The summed E-state index contributed by atoms with van der Waals surface area (Å²) >= 11 is 1.16. The predicted molar refractivity (Wildman–Crippen MR) is 156 cm³/mol. The van der Waals surface area contributed by atoms with Crippen molar-refractivity contribution in [2.45, 2.75) is 48.8 Å². The van der Waals surface area contributed by atoms with E-state index in [0.717, 1.165) is 39.7 Å². The average Bonchev–Trinajstić information content (AvgIpc) is 3.39. The number of hydrogen-bond acceptors (Lipinski definition) is 7. The number of carbonyl (C=O) groups excluding carboxylic acids is 1. The molecule has 2 N–H and O–H groups in total. The van der Waals surface area contributed by atoms with Crippen molar-refractivity contribution in [3.8, 4) is 0 Å². The molecule has 4 fully saturated rings. The largest absolute Gasteiger partial charge is 0.325 e. The summed E-state index contributed by atoms with van der Waals surface area (Å²) in [7, 11) is -7.56. The molecule has 0 radical (unpaired) electrons. The summed E-state index contributed by atoms with van der Waals surface area (Å²) in [6.45, 7) is -0.402. The molecule has 0 atom stereocenters. The Kier molecular flexibility index (Phi) is 6.90. The van der Waals surface area contributed by atoms with E-state index in [1.54, 1.807) is 5.38 Å². The van der Waals surface area contributed by atoms with Crippen LogP contribution < -0.4 is 14.3 Å². The molecule has 7 rings (SSSR count). The van der Waals surface area contributed by atoms with Crippen molar-refractivity contribution in [3.63, 3.8) is 0 Å². The summed E-state index contributed by atoms with van der Waals surface area (Å²) in [5.74, 6) is 1.90. The van der Waals surface area contributed by atoms with E-state index in [0.29, 0.717) is 11.4 Å². The Morgan fingerprint density at radius 2 is 1.55 bits per heavy atom. The Morgan fingerprint density at radius 1 is 0.950 bits per heavy atom. The molecule has 3 aromatic rings. The molecule has 0 spiro atoms. The smallest absolute Gasteiger partial charge is 0.263 e. The van der Waals surface area contributed by atoms with E-state index in [1.807, 2.05) is 12.1 Å². The van der Waals surface area contributed by atoms with Gasteiger partial charge in [-0.1, -0.05) is 12.1 Å². The molecule has 0 aliphatic heterocycles. The maximum atomic E-state index is 12.9. The molecule has 4 aliphatic rings. The molecule has 4 saturated carbocycles. The first-order chi connectivity index (χ1) is 19.0. The summed E-state index contributed by atoms with van der Waals surface area (Å²) in [6.07, 6.45) is 10.3. The summed E-state index contributed by atoms with van der Waals surface area (Å²) in [6, 6.07) is 13.4. The van der Waals surface area contributed by atoms with Gasteiger partial charge in [0.15, 0.2) is 5.13 Å². The molecular formula is C28H32N4O5S3. The lowest BCUT2D eigenvalue weighted by molar-refractivity contribution is -0.114. The van der Waals surface area contributed by atoms with Gasteiger partial charge in [-0.2, -0.15) is 0 Å². The van der Waals surface area contributed by atoms with Crippen LogP contribution in [-0.4, -0.2) is 40.5 Å². The van der Waals surface area contributed by atoms with E-state index < -0.39 is 32.5 Å². The van der Waals surface area contributed by atoms with Crippen molar-refractivity contribution >= 4 is 53.8 Å². The first-order valence-electron chi connectivity index (χ1n) is 13.4. The van der Waals surface area contributed by atoms with Crippen LogP contribution in [0.2, 0.25) is 0 Å². The Balaban J connectivity index is 1.13. The highest BCUT2D eigenvalue weighted by Crippen LogP contribution is 2.60. The SMILES string of the molecule is CS(=O)(=O)N(CC(=O)Nc1ccc(S(=O)(=O)Nc2nccs2)cc1)c1ccc(C23CC4CC(CC(C4)C2)C3)cc1. The highest BCUT2D eigenvalue weighted by atomic mass is 32.2. The zero-order valence-electron chi connectivity index (χ0n) is 22.1. The lowest BCUT2D eigenvalue weighted by atomic mass is 9.48. The van der Waals surface area contributed by atoms with E-state index in [2.05, 4.69) is 27.2 Å². The number of nitrogens with zero attached hydrogens (tertiary/aromatic N) is 2. The molecule has 4 bridgehead atoms. The van der Waals surface area contributed by atoms with Crippen LogP contribution in [0.4, 0.5) is 16.5 Å². The van der Waals surface area contributed by atoms with Crippen LogP contribution in [0.25, 0.3) is 0 Å². The van der Waals surface area contributed by atoms with Crippen molar-refractivity contribution in [2.24, 2.45) is 17.8 Å². The van der Waals surface area contributed by atoms with E-state index in [1.165, 1.54) is 74.6 Å². The molecule has 2 aromatic carbocycles. The van der Waals surface area contributed by atoms with Crippen LogP contribution in [0.3, 0.4) is 0 Å². The Hall–Kier alpha value is -2.96. The predicted octanol–water partition coefficient (Wildman–Crippen LogP) is 4.82. The minimum Gasteiger partial charge on any atom is -0.325 e. The number of sulfonamides is 2. The van der Waals surface area contributed by atoms with Gasteiger partial charge in [-0.3, -0.25) is 13.8 Å². The minimum atomic E-state index is -3.82. The van der Waals surface area contributed by atoms with E-state index in [9.17, 15) is 21.6 Å². The van der Waals surface area contributed by atoms with Crippen molar-refractivity contribution in [1.29, 1.82) is 0 Å². The number of rotatable bonds is 9. The molecule has 212 valence electrons. The normalized spacial score (nSPS) is 25.5. The zero-order valence-corrected chi connectivity index (χ0v) is 24.6.